The van der Waals surface area contributed by atoms with Crippen LogP contribution in [0.25, 0.3) is 0 Å². The van der Waals surface area contributed by atoms with Crippen molar-refractivity contribution in [1.82, 2.24) is 10.3 Å². The summed E-state index contributed by atoms with van der Waals surface area (Å²) in [6.45, 7) is 2.49. The van der Waals surface area contributed by atoms with Gasteiger partial charge in [-0.05, 0) is 36.2 Å². The number of rotatable bonds is 5. The molecule has 0 unspecified atom stereocenters. The van der Waals surface area contributed by atoms with Gasteiger partial charge in [-0.3, -0.25) is 14.9 Å². The molecule has 0 radical (unpaired) electrons. The number of benzene rings is 2. The summed E-state index contributed by atoms with van der Waals surface area (Å²) in [6, 6.07) is 8.57. The number of hydrogen-bond donors (Lipinski definition) is 1. The number of hydrazone groups is 1. The van der Waals surface area contributed by atoms with Gasteiger partial charge in [-0.25, -0.2) is 4.79 Å². The molecule has 31 heavy (non-hydrogen) atoms. The molecule has 10 nitrogen and oxygen atoms in total. The molecule has 2 aliphatic heterocycles. The summed E-state index contributed by atoms with van der Waals surface area (Å²) in [4.78, 5) is 36.0. The standard InChI is InChI=1S/C21H20N4O6/c1-2-3-8-22-21(27)24-19(26)10-14-9-17-18(31-12-30-17)11-16(14)20(23-24)13-4-6-15(7-5-13)25(28)29/h4-7,9,11H,2-3,8,10,12H2,1H3,(H,22,27). The van der Waals surface area contributed by atoms with Gasteiger partial charge < -0.3 is 14.8 Å². The average molecular weight is 424 g/mol. The lowest BCUT2D eigenvalue weighted by atomic mass is 9.95. The van der Waals surface area contributed by atoms with Gasteiger partial charge in [0.25, 0.3) is 11.6 Å². The van der Waals surface area contributed by atoms with Crippen LogP contribution in [0.3, 0.4) is 0 Å². The van der Waals surface area contributed by atoms with Gasteiger partial charge in [-0.15, -0.1) is 5.01 Å². The van der Waals surface area contributed by atoms with E-state index in [1.807, 2.05) is 6.92 Å². The van der Waals surface area contributed by atoms with Crippen molar-refractivity contribution < 1.29 is 24.0 Å². The number of nitrogens with one attached hydrogen (secondary N) is 1. The maximum atomic E-state index is 12.9. The molecule has 0 aliphatic carbocycles. The Labute approximate surface area is 177 Å². The van der Waals surface area contributed by atoms with E-state index >= 15 is 0 Å². The topological polar surface area (TPSA) is 123 Å². The molecule has 2 heterocycles. The highest BCUT2D eigenvalue weighted by Crippen LogP contribution is 2.37. The zero-order valence-corrected chi connectivity index (χ0v) is 16.8. The number of hydrogen-bond acceptors (Lipinski definition) is 7. The molecule has 0 atom stereocenters. The number of nitro groups is 1. The van der Waals surface area contributed by atoms with Crippen LogP contribution in [-0.2, 0) is 11.2 Å². The highest BCUT2D eigenvalue weighted by Gasteiger charge is 2.30. The molecule has 3 amide bonds. The summed E-state index contributed by atoms with van der Waals surface area (Å²) < 4.78 is 10.9. The molecule has 0 aromatic heterocycles. The van der Waals surface area contributed by atoms with Gasteiger partial charge in [-0.2, -0.15) is 5.10 Å². The summed E-state index contributed by atoms with van der Waals surface area (Å²) in [6.07, 6.45) is 1.60. The van der Waals surface area contributed by atoms with E-state index < -0.39 is 16.9 Å². The van der Waals surface area contributed by atoms with Crippen molar-refractivity contribution in [3.05, 3.63) is 63.2 Å². The Morgan fingerprint density at radius 1 is 1.23 bits per heavy atom. The first kappa shape index (κ1) is 20.3. The van der Waals surface area contributed by atoms with Crippen LogP contribution in [0, 0.1) is 10.1 Å². The van der Waals surface area contributed by atoms with Crippen molar-refractivity contribution >= 4 is 23.3 Å². The molecule has 0 saturated carbocycles. The number of imide groups is 1. The minimum absolute atomic E-state index is 0.0623. The number of non-ortho nitro benzene ring substituents is 1. The highest BCUT2D eigenvalue weighted by atomic mass is 16.7. The number of unbranched alkanes of at least 4 members (excludes halogenated alkanes) is 1. The molecule has 1 N–H and O–H groups in total. The molecule has 2 aliphatic rings. The Morgan fingerprint density at radius 2 is 1.94 bits per heavy atom. The van der Waals surface area contributed by atoms with E-state index in [1.54, 1.807) is 12.1 Å². The summed E-state index contributed by atoms with van der Waals surface area (Å²) in [5.41, 5.74) is 1.99. The maximum absolute atomic E-state index is 12.9. The fourth-order valence-corrected chi connectivity index (χ4v) is 3.36. The van der Waals surface area contributed by atoms with Gasteiger partial charge >= 0.3 is 6.03 Å². The second kappa shape index (κ2) is 8.42. The predicted octanol–water partition coefficient (Wildman–Crippen LogP) is 2.97. The van der Waals surface area contributed by atoms with Crippen LogP contribution >= 0.6 is 0 Å². The average Bonchev–Trinajstić information content (AvgIpc) is 3.16. The van der Waals surface area contributed by atoms with Crippen molar-refractivity contribution in [2.75, 3.05) is 13.3 Å². The van der Waals surface area contributed by atoms with E-state index in [9.17, 15) is 19.7 Å². The summed E-state index contributed by atoms with van der Waals surface area (Å²) in [7, 11) is 0. The molecule has 4 rings (SSSR count). The molecule has 160 valence electrons. The van der Waals surface area contributed by atoms with E-state index in [2.05, 4.69) is 10.4 Å². The molecule has 0 spiro atoms. The number of urea groups is 1. The van der Waals surface area contributed by atoms with E-state index in [4.69, 9.17) is 9.47 Å². The number of ether oxygens (including phenoxy) is 2. The minimum atomic E-state index is -0.620. The third-order valence-electron chi connectivity index (χ3n) is 4.98. The first-order valence-electron chi connectivity index (χ1n) is 9.85. The number of fused-ring (bicyclic) bond motifs is 2. The minimum Gasteiger partial charge on any atom is -0.454 e. The van der Waals surface area contributed by atoms with Gasteiger partial charge in [0.15, 0.2) is 11.5 Å². The second-order valence-corrected chi connectivity index (χ2v) is 7.08. The lowest BCUT2D eigenvalue weighted by molar-refractivity contribution is -0.384. The fourth-order valence-electron chi connectivity index (χ4n) is 3.36. The SMILES string of the molecule is CCCCNC(=O)N1N=C(c2ccc([N+](=O)[O-])cc2)c2cc3c(cc2CC1=O)OCO3. The van der Waals surface area contributed by atoms with Crippen LogP contribution < -0.4 is 14.8 Å². The Kier molecular flexibility index (Phi) is 5.52. The van der Waals surface area contributed by atoms with Crippen LogP contribution in [-0.4, -0.2) is 40.9 Å². The van der Waals surface area contributed by atoms with Crippen LogP contribution in [0.15, 0.2) is 41.5 Å². The van der Waals surface area contributed by atoms with Crippen LogP contribution in [0.2, 0.25) is 0 Å². The van der Waals surface area contributed by atoms with Gasteiger partial charge in [0.1, 0.15) is 0 Å². The molecule has 2 aromatic carbocycles. The van der Waals surface area contributed by atoms with Crippen molar-refractivity contribution in [2.45, 2.75) is 26.2 Å². The van der Waals surface area contributed by atoms with Crippen molar-refractivity contribution in [3.8, 4) is 11.5 Å². The van der Waals surface area contributed by atoms with Crippen LogP contribution in [0.5, 0.6) is 11.5 Å². The van der Waals surface area contributed by atoms with Gasteiger partial charge in [0, 0.05) is 29.8 Å². The number of nitro benzene ring substituents is 1. The molecule has 2 aromatic rings. The quantitative estimate of drug-likeness (QED) is 0.447. The smallest absolute Gasteiger partial charge is 0.345 e. The number of carbonyl (C=O) groups excluding carboxylic acids is 2. The van der Waals surface area contributed by atoms with Crippen molar-refractivity contribution in [1.29, 1.82) is 0 Å². The van der Waals surface area contributed by atoms with Gasteiger partial charge in [-0.1, -0.05) is 13.3 Å². The lowest BCUT2D eigenvalue weighted by Crippen LogP contribution is -2.41. The monoisotopic (exact) mass is 424 g/mol. The van der Waals surface area contributed by atoms with Crippen molar-refractivity contribution in [2.24, 2.45) is 5.10 Å². The Morgan fingerprint density at radius 3 is 2.61 bits per heavy atom. The summed E-state index contributed by atoms with van der Waals surface area (Å²) >= 11 is 0. The normalized spacial score (nSPS) is 14.5. The third-order valence-corrected chi connectivity index (χ3v) is 4.98. The molecule has 10 heteroatoms. The van der Waals surface area contributed by atoms with E-state index in [1.165, 1.54) is 24.3 Å². The number of carbonyl (C=O) groups is 2. The zero-order valence-electron chi connectivity index (χ0n) is 16.8. The molecular weight excluding hydrogens is 404 g/mol. The highest BCUT2D eigenvalue weighted by molar-refractivity contribution is 6.16. The van der Waals surface area contributed by atoms with E-state index in [-0.39, 0.29) is 18.9 Å². The first-order chi connectivity index (χ1) is 15.0. The predicted molar refractivity (Wildman–Crippen MR) is 110 cm³/mol. The van der Waals surface area contributed by atoms with Crippen LogP contribution in [0.4, 0.5) is 10.5 Å². The molecule has 0 fully saturated rings. The Hall–Kier alpha value is -3.95. The summed E-state index contributed by atoms with van der Waals surface area (Å²) in [5, 5.41) is 18.9. The molecular formula is C21H20N4O6. The Bertz CT molecular complexity index is 1080. The summed E-state index contributed by atoms with van der Waals surface area (Å²) in [5.74, 6) is 0.517. The van der Waals surface area contributed by atoms with Crippen molar-refractivity contribution in [3.63, 3.8) is 0 Å². The largest absolute Gasteiger partial charge is 0.454 e. The lowest BCUT2D eigenvalue weighted by Gasteiger charge is -2.15. The van der Waals surface area contributed by atoms with E-state index in [0.717, 1.165) is 17.9 Å². The third kappa shape index (κ3) is 4.04. The molecule has 0 saturated heterocycles. The first-order valence-corrected chi connectivity index (χ1v) is 9.85. The fraction of sp³-hybridized carbons (Fsp3) is 0.286. The van der Waals surface area contributed by atoms with Gasteiger partial charge in [0.2, 0.25) is 6.79 Å². The van der Waals surface area contributed by atoms with E-state index in [0.29, 0.717) is 40.4 Å². The second-order valence-electron chi connectivity index (χ2n) is 7.08. The van der Waals surface area contributed by atoms with Gasteiger partial charge in [0.05, 0.1) is 17.1 Å². The number of amides is 3. The Balaban J connectivity index is 1.79. The zero-order chi connectivity index (χ0) is 22.0. The molecule has 0 bridgehead atoms. The number of nitrogens with zero attached hydrogens (tertiary/aromatic N) is 3. The van der Waals surface area contributed by atoms with Crippen LogP contribution in [0.1, 0.15) is 36.5 Å². The maximum Gasteiger partial charge on any atom is 0.345 e.